The maximum atomic E-state index is 12.1. The van der Waals surface area contributed by atoms with Crippen LogP contribution in [0.25, 0.3) is 0 Å². The Hall–Kier alpha value is -2.36. The van der Waals surface area contributed by atoms with Gasteiger partial charge in [0, 0.05) is 13.0 Å². The van der Waals surface area contributed by atoms with Crippen LogP contribution in [0.1, 0.15) is 58.4 Å². The molecule has 1 aliphatic rings. The summed E-state index contributed by atoms with van der Waals surface area (Å²) in [6.45, 7) is 7.22. The zero-order chi connectivity index (χ0) is 19.6. The standard InChI is InChI=1S/C23H32N2O2/c1-4-9-19(16-18(3)5-2)10-6-11-20-12-7-13-21(23(20)24-17-26)25-15-8-14-22(25)27/h4,7,9,12-13,16-18H,5-6,8,10-11,14-15H2,1-3H3,(H,24,26)/b9-4-,19-16+. The molecule has 0 spiro atoms. The van der Waals surface area contributed by atoms with E-state index in [0.29, 0.717) is 18.7 Å². The predicted molar refractivity (Wildman–Crippen MR) is 113 cm³/mol. The highest BCUT2D eigenvalue weighted by Gasteiger charge is 2.24. The summed E-state index contributed by atoms with van der Waals surface area (Å²) in [5.74, 6) is 0.709. The lowest BCUT2D eigenvalue weighted by Gasteiger charge is -2.21. The van der Waals surface area contributed by atoms with E-state index in [0.717, 1.165) is 55.6 Å². The third-order valence-corrected chi connectivity index (χ3v) is 5.13. The van der Waals surface area contributed by atoms with Crippen molar-refractivity contribution in [3.8, 4) is 0 Å². The molecule has 27 heavy (non-hydrogen) atoms. The molecular weight excluding hydrogens is 336 g/mol. The van der Waals surface area contributed by atoms with E-state index >= 15 is 0 Å². The van der Waals surface area contributed by atoms with Gasteiger partial charge in [-0.25, -0.2) is 0 Å². The molecule has 0 aliphatic carbocycles. The van der Waals surface area contributed by atoms with Crippen molar-refractivity contribution in [1.29, 1.82) is 0 Å². The monoisotopic (exact) mass is 368 g/mol. The first-order valence-corrected chi connectivity index (χ1v) is 10.1. The van der Waals surface area contributed by atoms with E-state index in [1.807, 2.05) is 25.1 Å². The predicted octanol–water partition coefficient (Wildman–Crippen LogP) is 5.25. The lowest BCUT2D eigenvalue weighted by Crippen LogP contribution is -2.25. The zero-order valence-electron chi connectivity index (χ0n) is 16.8. The quantitative estimate of drug-likeness (QED) is 0.453. The van der Waals surface area contributed by atoms with Crippen molar-refractivity contribution in [2.24, 2.45) is 5.92 Å². The van der Waals surface area contributed by atoms with Crippen LogP contribution in [0.3, 0.4) is 0 Å². The highest BCUT2D eigenvalue weighted by atomic mass is 16.2. The molecule has 1 heterocycles. The molecule has 2 amide bonds. The molecule has 4 nitrogen and oxygen atoms in total. The molecule has 1 atom stereocenters. The molecule has 1 aromatic rings. The highest BCUT2D eigenvalue weighted by molar-refractivity contribution is 6.00. The Morgan fingerprint density at radius 2 is 2.19 bits per heavy atom. The molecule has 0 radical (unpaired) electrons. The van der Waals surface area contributed by atoms with Gasteiger partial charge in [0.05, 0.1) is 11.4 Å². The summed E-state index contributed by atoms with van der Waals surface area (Å²) in [4.78, 5) is 25.1. The SMILES string of the molecule is C/C=C\C(=C/C(C)CC)CCCc1cccc(N2CCCC2=O)c1NC=O. The maximum absolute atomic E-state index is 12.1. The lowest BCUT2D eigenvalue weighted by atomic mass is 9.98. The molecule has 1 N–H and O–H groups in total. The number of allylic oxidation sites excluding steroid dienone is 4. The lowest BCUT2D eigenvalue weighted by molar-refractivity contribution is -0.117. The third-order valence-electron chi connectivity index (χ3n) is 5.13. The summed E-state index contributed by atoms with van der Waals surface area (Å²) in [5.41, 5.74) is 4.05. The summed E-state index contributed by atoms with van der Waals surface area (Å²) < 4.78 is 0. The number of carbonyl (C=O) groups excluding carboxylic acids is 2. The van der Waals surface area contributed by atoms with Crippen molar-refractivity contribution in [2.45, 2.75) is 59.3 Å². The van der Waals surface area contributed by atoms with Crippen LogP contribution >= 0.6 is 0 Å². The van der Waals surface area contributed by atoms with Crippen LogP contribution in [0.15, 0.2) is 42.0 Å². The van der Waals surface area contributed by atoms with Gasteiger partial charge in [0.15, 0.2) is 0 Å². The van der Waals surface area contributed by atoms with Crippen molar-refractivity contribution in [2.75, 3.05) is 16.8 Å². The topological polar surface area (TPSA) is 49.4 Å². The number of aryl methyl sites for hydroxylation is 1. The van der Waals surface area contributed by atoms with Gasteiger partial charge < -0.3 is 10.2 Å². The zero-order valence-corrected chi connectivity index (χ0v) is 16.8. The minimum absolute atomic E-state index is 0.132. The largest absolute Gasteiger partial charge is 0.327 e. The molecule has 1 aromatic carbocycles. The first-order chi connectivity index (χ1) is 13.1. The number of carbonyl (C=O) groups is 2. The van der Waals surface area contributed by atoms with E-state index in [9.17, 15) is 9.59 Å². The minimum Gasteiger partial charge on any atom is -0.327 e. The number of nitrogens with zero attached hydrogens (tertiary/aromatic N) is 1. The first-order valence-electron chi connectivity index (χ1n) is 10.1. The summed E-state index contributed by atoms with van der Waals surface area (Å²) in [5, 5.41) is 2.84. The number of anilines is 2. The Labute approximate surface area is 163 Å². The molecule has 0 saturated carbocycles. The van der Waals surface area contributed by atoms with Crippen LogP contribution < -0.4 is 10.2 Å². The van der Waals surface area contributed by atoms with Crippen LogP contribution in [-0.4, -0.2) is 18.9 Å². The van der Waals surface area contributed by atoms with Crippen molar-refractivity contribution in [3.05, 3.63) is 47.6 Å². The van der Waals surface area contributed by atoms with Gasteiger partial charge in [-0.05, 0) is 50.2 Å². The fourth-order valence-electron chi connectivity index (χ4n) is 3.55. The molecule has 2 rings (SSSR count). The Morgan fingerprint density at radius 1 is 1.37 bits per heavy atom. The second-order valence-electron chi connectivity index (χ2n) is 7.20. The minimum atomic E-state index is 0.132. The van der Waals surface area contributed by atoms with Crippen LogP contribution in [0.5, 0.6) is 0 Å². The smallest absolute Gasteiger partial charge is 0.227 e. The van der Waals surface area contributed by atoms with Crippen molar-refractivity contribution < 1.29 is 9.59 Å². The van der Waals surface area contributed by atoms with Gasteiger partial charge in [0.25, 0.3) is 0 Å². The number of hydrogen-bond donors (Lipinski definition) is 1. The van der Waals surface area contributed by atoms with Gasteiger partial charge in [0.2, 0.25) is 12.3 Å². The van der Waals surface area contributed by atoms with Crippen LogP contribution in [0.2, 0.25) is 0 Å². The Kier molecular flexibility index (Phi) is 8.31. The molecule has 0 bridgehead atoms. The van der Waals surface area contributed by atoms with E-state index in [1.165, 1.54) is 5.57 Å². The number of amides is 2. The first kappa shape index (κ1) is 20.9. The molecule has 1 fully saturated rings. The molecule has 0 aromatic heterocycles. The van der Waals surface area contributed by atoms with Gasteiger partial charge in [-0.15, -0.1) is 0 Å². The number of para-hydroxylation sites is 1. The van der Waals surface area contributed by atoms with Gasteiger partial charge in [-0.2, -0.15) is 0 Å². The van der Waals surface area contributed by atoms with Gasteiger partial charge in [-0.1, -0.05) is 56.2 Å². The molecule has 1 unspecified atom stereocenters. The molecule has 1 aliphatic heterocycles. The fourth-order valence-corrected chi connectivity index (χ4v) is 3.55. The Morgan fingerprint density at radius 3 is 2.81 bits per heavy atom. The normalized spacial score (nSPS) is 16.2. The maximum Gasteiger partial charge on any atom is 0.227 e. The Balaban J connectivity index is 2.14. The van der Waals surface area contributed by atoms with E-state index in [-0.39, 0.29) is 5.91 Å². The second kappa shape index (κ2) is 10.7. The van der Waals surface area contributed by atoms with Gasteiger partial charge in [-0.3, -0.25) is 9.59 Å². The van der Waals surface area contributed by atoms with Crippen molar-refractivity contribution in [3.63, 3.8) is 0 Å². The number of nitrogens with one attached hydrogen (secondary N) is 1. The number of rotatable bonds is 10. The number of benzene rings is 1. The number of hydrogen-bond acceptors (Lipinski definition) is 2. The van der Waals surface area contributed by atoms with Crippen LogP contribution in [-0.2, 0) is 16.0 Å². The molecular formula is C23H32N2O2. The fraction of sp³-hybridized carbons (Fsp3) is 0.478. The third kappa shape index (κ3) is 5.81. The molecule has 146 valence electrons. The summed E-state index contributed by atoms with van der Waals surface area (Å²) in [6, 6.07) is 5.95. The Bertz CT molecular complexity index is 706. The van der Waals surface area contributed by atoms with Gasteiger partial charge >= 0.3 is 0 Å². The average molecular weight is 369 g/mol. The summed E-state index contributed by atoms with van der Waals surface area (Å²) in [6.07, 6.45) is 12.8. The summed E-state index contributed by atoms with van der Waals surface area (Å²) >= 11 is 0. The van der Waals surface area contributed by atoms with Gasteiger partial charge in [0.1, 0.15) is 0 Å². The second-order valence-corrected chi connectivity index (χ2v) is 7.20. The highest BCUT2D eigenvalue weighted by Crippen LogP contribution is 2.33. The van der Waals surface area contributed by atoms with Crippen LogP contribution in [0.4, 0.5) is 11.4 Å². The molecule has 4 heteroatoms. The van der Waals surface area contributed by atoms with E-state index in [2.05, 4.69) is 37.4 Å². The van der Waals surface area contributed by atoms with Crippen LogP contribution in [0, 0.1) is 5.92 Å². The van der Waals surface area contributed by atoms with Crippen molar-refractivity contribution in [1.82, 2.24) is 0 Å². The van der Waals surface area contributed by atoms with E-state index < -0.39 is 0 Å². The molecule has 1 saturated heterocycles. The summed E-state index contributed by atoms with van der Waals surface area (Å²) in [7, 11) is 0. The average Bonchev–Trinajstić information content (AvgIpc) is 3.08. The van der Waals surface area contributed by atoms with E-state index in [4.69, 9.17) is 0 Å². The van der Waals surface area contributed by atoms with E-state index in [1.54, 1.807) is 4.90 Å². The van der Waals surface area contributed by atoms with Crippen molar-refractivity contribution >= 4 is 23.7 Å².